The molecule has 0 radical (unpaired) electrons. The van der Waals surface area contributed by atoms with Crippen LogP contribution in [0.5, 0.6) is 5.75 Å². The molecule has 1 N–H and O–H groups in total. The molecule has 0 bridgehead atoms. The minimum atomic E-state index is -3.73. The summed E-state index contributed by atoms with van der Waals surface area (Å²) in [5, 5.41) is 2.68. The zero-order chi connectivity index (χ0) is 23.0. The number of carbonyl (C=O) groups excluding carboxylic acids is 2. The van der Waals surface area contributed by atoms with Gasteiger partial charge in [0.2, 0.25) is 15.9 Å². The number of rotatable bonds is 10. The zero-order valence-electron chi connectivity index (χ0n) is 18.1. The largest absolute Gasteiger partial charge is 0.497 e. The number of benzene rings is 2. The number of hydrogen-bond acceptors (Lipinski definition) is 6. The smallest absolute Gasteiger partial charge is 0.338 e. The van der Waals surface area contributed by atoms with E-state index in [1.165, 1.54) is 14.0 Å². The Balaban J connectivity index is 2.12. The van der Waals surface area contributed by atoms with E-state index in [1.807, 2.05) is 6.92 Å². The maximum absolute atomic E-state index is 12.8. The highest BCUT2D eigenvalue weighted by Crippen LogP contribution is 2.24. The number of unbranched alkanes of at least 4 members (excludes halogenated alkanes) is 1. The summed E-state index contributed by atoms with van der Waals surface area (Å²) in [7, 11) is -2.22. The number of methoxy groups -OCH3 is 1. The van der Waals surface area contributed by atoms with Crippen LogP contribution in [0.2, 0.25) is 0 Å². The second-order valence-corrected chi connectivity index (χ2v) is 8.85. The predicted octanol–water partition coefficient (Wildman–Crippen LogP) is 3.45. The van der Waals surface area contributed by atoms with Crippen molar-refractivity contribution in [2.45, 2.75) is 32.7 Å². The highest BCUT2D eigenvalue weighted by atomic mass is 32.2. The van der Waals surface area contributed by atoms with Gasteiger partial charge >= 0.3 is 5.97 Å². The lowest BCUT2D eigenvalue weighted by atomic mass is 10.2. The molecule has 2 aromatic carbocycles. The molecular weight excluding hydrogens is 420 g/mol. The molecule has 168 valence electrons. The third-order valence-electron chi connectivity index (χ3n) is 4.53. The number of esters is 1. The highest BCUT2D eigenvalue weighted by Gasteiger charge is 2.29. The molecule has 0 saturated carbocycles. The molecule has 9 heteroatoms. The van der Waals surface area contributed by atoms with Crippen molar-refractivity contribution in [2.75, 3.05) is 29.6 Å². The third-order valence-corrected chi connectivity index (χ3v) is 5.78. The third kappa shape index (κ3) is 6.71. The van der Waals surface area contributed by atoms with Gasteiger partial charge in [0, 0.05) is 5.69 Å². The van der Waals surface area contributed by atoms with Crippen LogP contribution in [0, 0.1) is 0 Å². The Hall–Kier alpha value is -3.07. The first-order chi connectivity index (χ1) is 14.7. The fourth-order valence-corrected chi connectivity index (χ4v) is 4.04. The van der Waals surface area contributed by atoms with Crippen molar-refractivity contribution in [3.05, 3.63) is 54.1 Å². The number of ether oxygens (including phenoxy) is 2. The van der Waals surface area contributed by atoms with E-state index in [9.17, 15) is 18.0 Å². The number of carbonyl (C=O) groups is 2. The first kappa shape index (κ1) is 24.2. The predicted molar refractivity (Wildman–Crippen MR) is 120 cm³/mol. The van der Waals surface area contributed by atoms with E-state index in [0.717, 1.165) is 23.4 Å². The van der Waals surface area contributed by atoms with Crippen molar-refractivity contribution in [2.24, 2.45) is 0 Å². The van der Waals surface area contributed by atoms with Crippen molar-refractivity contribution >= 4 is 33.3 Å². The average molecular weight is 449 g/mol. The molecule has 0 fully saturated rings. The number of nitrogens with zero attached hydrogens (tertiary/aromatic N) is 1. The second-order valence-electron chi connectivity index (χ2n) is 6.99. The van der Waals surface area contributed by atoms with Gasteiger partial charge in [0.25, 0.3) is 0 Å². The normalized spacial score (nSPS) is 12.0. The molecule has 0 aliphatic carbocycles. The van der Waals surface area contributed by atoms with E-state index < -0.39 is 27.9 Å². The van der Waals surface area contributed by atoms with Gasteiger partial charge in [-0.3, -0.25) is 9.10 Å². The monoisotopic (exact) mass is 448 g/mol. The average Bonchev–Trinajstić information content (AvgIpc) is 2.74. The van der Waals surface area contributed by atoms with Gasteiger partial charge < -0.3 is 14.8 Å². The van der Waals surface area contributed by atoms with Gasteiger partial charge in [0.05, 0.1) is 31.2 Å². The minimum Gasteiger partial charge on any atom is -0.497 e. The molecule has 0 saturated heterocycles. The summed E-state index contributed by atoms with van der Waals surface area (Å²) in [4.78, 5) is 24.7. The lowest BCUT2D eigenvalue weighted by Gasteiger charge is -2.28. The topological polar surface area (TPSA) is 102 Å². The van der Waals surface area contributed by atoms with Gasteiger partial charge in [-0.2, -0.15) is 0 Å². The molecule has 8 nitrogen and oxygen atoms in total. The van der Waals surface area contributed by atoms with Crippen molar-refractivity contribution in [3.8, 4) is 5.75 Å². The Morgan fingerprint density at radius 1 is 1.06 bits per heavy atom. The van der Waals surface area contributed by atoms with Crippen LogP contribution in [-0.2, 0) is 19.6 Å². The van der Waals surface area contributed by atoms with Crippen LogP contribution >= 0.6 is 0 Å². The van der Waals surface area contributed by atoms with Gasteiger partial charge in [-0.1, -0.05) is 13.3 Å². The molecule has 0 spiro atoms. The number of anilines is 2. The fourth-order valence-electron chi connectivity index (χ4n) is 2.87. The van der Waals surface area contributed by atoms with Crippen LogP contribution < -0.4 is 14.4 Å². The van der Waals surface area contributed by atoms with Crippen LogP contribution in [0.1, 0.15) is 37.0 Å². The van der Waals surface area contributed by atoms with Crippen molar-refractivity contribution in [1.29, 1.82) is 0 Å². The quantitative estimate of drug-likeness (QED) is 0.441. The van der Waals surface area contributed by atoms with Gasteiger partial charge in [-0.25, -0.2) is 13.2 Å². The van der Waals surface area contributed by atoms with E-state index in [4.69, 9.17) is 9.47 Å². The Labute approximate surface area is 183 Å². The lowest BCUT2D eigenvalue weighted by Crippen LogP contribution is -2.45. The zero-order valence-corrected chi connectivity index (χ0v) is 18.9. The summed E-state index contributed by atoms with van der Waals surface area (Å²) in [6, 6.07) is 11.6. The van der Waals surface area contributed by atoms with Crippen molar-refractivity contribution in [1.82, 2.24) is 0 Å². The Kier molecular flexibility index (Phi) is 8.44. The van der Waals surface area contributed by atoms with Gasteiger partial charge in [-0.05, 0) is 61.9 Å². The number of sulfonamides is 1. The molecule has 0 unspecified atom stereocenters. The number of amides is 1. The maximum Gasteiger partial charge on any atom is 0.338 e. The minimum absolute atomic E-state index is 0.344. The molecule has 0 aliphatic heterocycles. The Morgan fingerprint density at radius 3 is 2.19 bits per heavy atom. The van der Waals surface area contributed by atoms with Gasteiger partial charge in [0.1, 0.15) is 11.8 Å². The van der Waals surface area contributed by atoms with Crippen LogP contribution in [0.25, 0.3) is 0 Å². The molecule has 0 aliphatic rings. The molecule has 1 amide bonds. The molecule has 2 aromatic rings. The Bertz CT molecular complexity index is 988. The SMILES string of the molecule is CCCCOC(=O)c1ccc(NC(=O)[C@H](C)N(c2ccc(OC)cc2)S(C)(=O)=O)cc1. The number of hydrogen-bond donors (Lipinski definition) is 1. The fraction of sp³-hybridized carbons (Fsp3) is 0.364. The highest BCUT2D eigenvalue weighted by molar-refractivity contribution is 7.92. The molecule has 0 heterocycles. The standard InChI is InChI=1S/C22H28N2O6S/c1-5-6-15-30-22(26)17-7-9-18(10-8-17)23-21(25)16(2)24(31(4,27)28)19-11-13-20(29-3)14-12-19/h7-14,16H,5-6,15H2,1-4H3,(H,23,25)/t16-/m0/s1. The molecule has 2 rings (SSSR count). The van der Waals surface area contributed by atoms with Gasteiger partial charge in [-0.15, -0.1) is 0 Å². The maximum atomic E-state index is 12.8. The first-order valence-electron chi connectivity index (χ1n) is 9.89. The summed E-state index contributed by atoms with van der Waals surface area (Å²) >= 11 is 0. The van der Waals surface area contributed by atoms with E-state index in [2.05, 4.69) is 5.32 Å². The van der Waals surface area contributed by atoms with Gasteiger partial charge in [0.15, 0.2) is 0 Å². The van der Waals surface area contributed by atoms with E-state index in [0.29, 0.717) is 29.3 Å². The molecule has 1 atom stereocenters. The molecular formula is C22H28N2O6S. The number of nitrogens with one attached hydrogen (secondary N) is 1. The first-order valence-corrected chi connectivity index (χ1v) is 11.7. The van der Waals surface area contributed by atoms with Crippen LogP contribution in [0.3, 0.4) is 0 Å². The summed E-state index contributed by atoms with van der Waals surface area (Å²) in [5.74, 6) is -0.371. The lowest BCUT2D eigenvalue weighted by molar-refractivity contribution is -0.116. The van der Waals surface area contributed by atoms with Crippen LogP contribution in [-0.4, -0.2) is 46.3 Å². The summed E-state index contributed by atoms with van der Waals surface area (Å²) in [6.07, 6.45) is 2.76. The van der Waals surface area contributed by atoms with Crippen molar-refractivity contribution in [3.63, 3.8) is 0 Å². The summed E-state index contributed by atoms with van der Waals surface area (Å²) in [6.45, 7) is 3.87. The summed E-state index contributed by atoms with van der Waals surface area (Å²) < 4.78 is 36.0. The second kappa shape index (κ2) is 10.8. The van der Waals surface area contributed by atoms with Crippen LogP contribution in [0.4, 0.5) is 11.4 Å². The van der Waals surface area contributed by atoms with E-state index in [-0.39, 0.29) is 0 Å². The van der Waals surface area contributed by atoms with Crippen LogP contribution in [0.15, 0.2) is 48.5 Å². The van der Waals surface area contributed by atoms with E-state index >= 15 is 0 Å². The van der Waals surface area contributed by atoms with E-state index in [1.54, 1.807) is 48.5 Å². The Morgan fingerprint density at radius 2 is 1.68 bits per heavy atom. The summed E-state index contributed by atoms with van der Waals surface area (Å²) in [5.41, 5.74) is 1.15. The van der Waals surface area contributed by atoms with Crippen molar-refractivity contribution < 1.29 is 27.5 Å². The molecule has 0 aromatic heterocycles. The molecule has 31 heavy (non-hydrogen) atoms.